The summed E-state index contributed by atoms with van der Waals surface area (Å²) >= 11 is 0. The van der Waals surface area contributed by atoms with Crippen LogP contribution in [0.15, 0.2) is 48.5 Å². The highest BCUT2D eigenvalue weighted by Gasteiger charge is 2.18. The molecular formula is C21H26N2O2. The molecule has 1 aliphatic rings. The lowest BCUT2D eigenvalue weighted by Crippen LogP contribution is -2.40. The van der Waals surface area contributed by atoms with Crippen LogP contribution in [0.2, 0.25) is 0 Å². The molecule has 0 spiro atoms. The van der Waals surface area contributed by atoms with Crippen molar-refractivity contribution in [2.75, 3.05) is 13.2 Å². The van der Waals surface area contributed by atoms with Crippen LogP contribution < -0.4 is 15.4 Å². The molecule has 2 aromatic carbocycles. The van der Waals surface area contributed by atoms with Gasteiger partial charge in [0.15, 0.2) is 0 Å². The smallest absolute Gasteiger partial charge is 0.315 e. The molecule has 0 aromatic heterocycles. The van der Waals surface area contributed by atoms with E-state index in [1.54, 1.807) is 0 Å². The molecule has 4 nitrogen and oxygen atoms in total. The third-order valence-electron chi connectivity index (χ3n) is 4.57. The van der Waals surface area contributed by atoms with Gasteiger partial charge in [-0.1, -0.05) is 56.3 Å². The van der Waals surface area contributed by atoms with Gasteiger partial charge in [-0.15, -0.1) is 0 Å². The van der Waals surface area contributed by atoms with Gasteiger partial charge in [-0.05, 0) is 35.1 Å². The highest BCUT2D eigenvalue weighted by Crippen LogP contribution is 2.26. The van der Waals surface area contributed by atoms with Crippen molar-refractivity contribution in [1.29, 1.82) is 0 Å². The summed E-state index contributed by atoms with van der Waals surface area (Å²) in [5, 5.41) is 6.06. The Morgan fingerprint density at radius 3 is 2.72 bits per heavy atom. The van der Waals surface area contributed by atoms with Crippen molar-refractivity contribution in [3.8, 4) is 5.75 Å². The molecule has 1 unspecified atom stereocenters. The molecule has 0 fully saturated rings. The van der Waals surface area contributed by atoms with E-state index < -0.39 is 0 Å². The Balaban J connectivity index is 1.50. The van der Waals surface area contributed by atoms with Crippen LogP contribution in [0.1, 0.15) is 36.6 Å². The second-order valence-corrected chi connectivity index (χ2v) is 6.82. The van der Waals surface area contributed by atoms with Crippen LogP contribution in [0.4, 0.5) is 4.79 Å². The largest absolute Gasteiger partial charge is 0.493 e. The molecule has 0 saturated carbocycles. The fourth-order valence-corrected chi connectivity index (χ4v) is 3.20. The molecule has 1 heterocycles. The van der Waals surface area contributed by atoms with E-state index in [-0.39, 0.29) is 12.1 Å². The van der Waals surface area contributed by atoms with Gasteiger partial charge in [-0.3, -0.25) is 0 Å². The number of ether oxygens (including phenoxy) is 1. The number of nitrogens with one attached hydrogen (secondary N) is 2. The topological polar surface area (TPSA) is 50.4 Å². The summed E-state index contributed by atoms with van der Waals surface area (Å²) in [5.74, 6) is 1.32. The highest BCUT2D eigenvalue weighted by molar-refractivity contribution is 5.74. The Bertz CT molecular complexity index is 713. The van der Waals surface area contributed by atoms with Crippen LogP contribution >= 0.6 is 0 Å². The van der Waals surface area contributed by atoms with Crippen molar-refractivity contribution in [2.45, 2.75) is 32.7 Å². The molecule has 0 aliphatic carbocycles. The standard InChI is InChI=1S/C21H26N2O2/c1-15(2)20(17-6-4-3-5-7-17)23-21(24)22-12-10-16-8-9-19-18(14-16)11-13-25-19/h3-9,14-15,20H,10-13H2,1-2H3,(H2,22,23,24). The van der Waals surface area contributed by atoms with E-state index in [2.05, 4.69) is 48.7 Å². The van der Waals surface area contributed by atoms with Crippen LogP contribution in [0.3, 0.4) is 0 Å². The lowest BCUT2D eigenvalue weighted by atomic mass is 9.96. The molecule has 0 saturated heterocycles. The SMILES string of the molecule is CC(C)C(NC(=O)NCCc1ccc2c(c1)CCO2)c1ccccc1. The van der Waals surface area contributed by atoms with Gasteiger partial charge in [0, 0.05) is 13.0 Å². The highest BCUT2D eigenvalue weighted by atomic mass is 16.5. The quantitative estimate of drug-likeness (QED) is 0.840. The first-order valence-corrected chi connectivity index (χ1v) is 8.97. The predicted molar refractivity (Wildman–Crippen MR) is 99.9 cm³/mol. The summed E-state index contributed by atoms with van der Waals surface area (Å²) in [5.41, 5.74) is 3.63. The normalized spacial score (nSPS) is 13.9. The molecule has 3 rings (SSSR count). The molecular weight excluding hydrogens is 312 g/mol. The van der Waals surface area contributed by atoms with Crippen molar-refractivity contribution in [3.05, 3.63) is 65.2 Å². The van der Waals surface area contributed by atoms with E-state index in [4.69, 9.17) is 4.74 Å². The zero-order chi connectivity index (χ0) is 17.6. The molecule has 132 valence electrons. The number of amides is 2. The zero-order valence-electron chi connectivity index (χ0n) is 14.9. The number of fused-ring (bicyclic) bond motifs is 1. The summed E-state index contributed by atoms with van der Waals surface area (Å²) < 4.78 is 5.52. The number of benzene rings is 2. The molecule has 1 atom stereocenters. The van der Waals surface area contributed by atoms with Crippen LogP contribution in [0.5, 0.6) is 5.75 Å². The minimum Gasteiger partial charge on any atom is -0.493 e. The van der Waals surface area contributed by atoms with Crippen LogP contribution in [-0.4, -0.2) is 19.2 Å². The summed E-state index contributed by atoms with van der Waals surface area (Å²) in [6.45, 7) is 5.62. The second kappa shape index (κ2) is 8.06. The Labute approximate surface area is 149 Å². The van der Waals surface area contributed by atoms with Gasteiger partial charge in [0.2, 0.25) is 0 Å². The van der Waals surface area contributed by atoms with Crippen LogP contribution in [-0.2, 0) is 12.8 Å². The third-order valence-corrected chi connectivity index (χ3v) is 4.57. The summed E-state index contributed by atoms with van der Waals surface area (Å²) in [4.78, 5) is 12.3. The Hall–Kier alpha value is -2.49. The van der Waals surface area contributed by atoms with Crippen molar-refractivity contribution in [2.24, 2.45) is 5.92 Å². The van der Waals surface area contributed by atoms with Crippen molar-refractivity contribution in [1.82, 2.24) is 10.6 Å². The lowest BCUT2D eigenvalue weighted by Gasteiger charge is -2.23. The summed E-state index contributed by atoms with van der Waals surface area (Å²) in [6, 6.07) is 16.3. The monoisotopic (exact) mass is 338 g/mol. The van der Waals surface area contributed by atoms with E-state index in [0.717, 1.165) is 30.8 Å². The van der Waals surface area contributed by atoms with Crippen LogP contribution in [0.25, 0.3) is 0 Å². The first-order valence-electron chi connectivity index (χ1n) is 8.97. The molecule has 2 aromatic rings. The fraction of sp³-hybridized carbons (Fsp3) is 0.381. The number of rotatable bonds is 6. The first-order chi connectivity index (χ1) is 12.1. The van der Waals surface area contributed by atoms with Gasteiger partial charge in [0.25, 0.3) is 0 Å². The fourth-order valence-electron chi connectivity index (χ4n) is 3.20. The Morgan fingerprint density at radius 2 is 1.96 bits per heavy atom. The van der Waals surface area contributed by atoms with Gasteiger partial charge in [-0.25, -0.2) is 4.79 Å². The lowest BCUT2D eigenvalue weighted by molar-refractivity contribution is 0.233. The molecule has 2 amide bonds. The second-order valence-electron chi connectivity index (χ2n) is 6.82. The number of carbonyl (C=O) groups excluding carboxylic acids is 1. The Morgan fingerprint density at radius 1 is 1.16 bits per heavy atom. The maximum atomic E-state index is 12.3. The van der Waals surface area contributed by atoms with E-state index in [1.165, 1.54) is 11.1 Å². The van der Waals surface area contributed by atoms with Gasteiger partial charge < -0.3 is 15.4 Å². The van der Waals surface area contributed by atoms with E-state index in [9.17, 15) is 4.79 Å². The number of hydrogen-bond acceptors (Lipinski definition) is 2. The molecule has 2 N–H and O–H groups in total. The molecule has 0 radical (unpaired) electrons. The van der Waals surface area contributed by atoms with E-state index in [0.29, 0.717) is 12.5 Å². The van der Waals surface area contributed by atoms with Gasteiger partial charge in [0.1, 0.15) is 5.75 Å². The van der Waals surface area contributed by atoms with Crippen molar-refractivity contribution < 1.29 is 9.53 Å². The van der Waals surface area contributed by atoms with Crippen molar-refractivity contribution >= 4 is 6.03 Å². The first kappa shape index (κ1) is 17.3. The van der Waals surface area contributed by atoms with Gasteiger partial charge in [-0.2, -0.15) is 0 Å². The predicted octanol–water partition coefficient (Wildman–Crippen LogP) is 3.86. The molecule has 0 bridgehead atoms. The van der Waals surface area contributed by atoms with Gasteiger partial charge in [0.05, 0.1) is 12.6 Å². The average molecular weight is 338 g/mol. The number of hydrogen-bond donors (Lipinski definition) is 2. The maximum Gasteiger partial charge on any atom is 0.315 e. The average Bonchev–Trinajstić information content (AvgIpc) is 3.08. The van der Waals surface area contributed by atoms with Gasteiger partial charge >= 0.3 is 6.03 Å². The maximum absolute atomic E-state index is 12.3. The minimum absolute atomic E-state index is 0.0124. The number of urea groups is 1. The van der Waals surface area contributed by atoms with E-state index >= 15 is 0 Å². The minimum atomic E-state index is -0.118. The molecule has 1 aliphatic heterocycles. The number of carbonyl (C=O) groups is 1. The zero-order valence-corrected chi connectivity index (χ0v) is 14.9. The molecule has 4 heteroatoms. The third kappa shape index (κ3) is 4.53. The van der Waals surface area contributed by atoms with Crippen LogP contribution in [0, 0.1) is 5.92 Å². The summed E-state index contributed by atoms with van der Waals surface area (Å²) in [6.07, 6.45) is 1.79. The van der Waals surface area contributed by atoms with Crippen molar-refractivity contribution in [3.63, 3.8) is 0 Å². The molecule has 25 heavy (non-hydrogen) atoms. The Kier molecular flexibility index (Phi) is 5.59. The summed E-state index contributed by atoms with van der Waals surface area (Å²) in [7, 11) is 0. The van der Waals surface area contributed by atoms with E-state index in [1.807, 2.05) is 24.3 Å².